The minimum absolute atomic E-state index is 0.0167. The number of H-pyrrole nitrogens is 1. The Morgan fingerprint density at radius 3 is 1.42 bits per heavy atom. The van der Waals surface area contributed by atoms with Crippen molar-refractivity contribution in [2.45, 2.75) is 176 Å². The topological polar surface area (TPSA) is 373 Å². The van der Waals surface area contributed by atoms with Gasteiger partial charge < -0.3 is 44.2 Å². The lowest BCUT2D eigenvalue weighted by molar-refractivity contribution is -0.193. The van der Waals surface area contributed by atoms with Gasteiger partial charge in [0.15, 0.2) is 0 Å². The number of carboxylic acid groups (broad SMARTS) is 3. The molecule has 4 fully saturated rings. The normalized spacial score (nSPS) is 18.6. The minimum Gasteiger partial charge on any atom is -0.475 e. The average molecular weight is 1610 g/mol. The van der Waals surface area contributed by atoms with Crippen LogP contribution in [0.3, 0.4) is 0 Å². The van der Waals surface area contributed by atoms with Crippen LogP contribution < -0.4 is 9.47 Å². The summed E-state index contributed by atoms with van der Waals surface area (Å²) in [5, 5.41) is 61.1. The molecule has 28 nitrogen and oxygen atoms in total. The first-order valence-corrected chi connectivity index (χ1v) is 37.5. The zero-order valence-electron chi connectivity index (χ0n) is 59.0. The highest BCUT2D eigenvalue weighted by Crippen LogP contribution is 2.42. The van der Waals surface area contributed by atoms with E-state index in [1.165, 1.54) is 18.5 Å². The molecule has 2 saturated heterocycles. The maximum Gasteiger partial charge on any atom is 0.490 e. The van der Waals surface area contributed by atoms with Crippen molar-refractivity contribution in [3.8, 4) is 46.4 Å². The fourth-order valence-electron chi connectivity index (χ4n) is 12.5. The number of nitrogens with zero attached hydrogens (tertiary/aromatic N) is 17. The van der Waals surface area contributed by atoms with E-state index in [2.05, 4.69) is 91.5 Å². The molecule has 0 atom stereocenters. The fraction of sp³-hybridized carbons (Fsp3) is 0.530. The molecule has 0 unspecified atom stereocenters. The SMILES string of the molecule is C[Si](C)(C)CCOCn1ccc2c(-c3cnn(C4(CC#N)CN(C5CCC(Oc6cc(CCO)nc(C(F)(F)F)n6)CC5)C4)c3)ncnc21.N#CCC1(n2cc(-c3ncnc4[nH]ccc34)cn2)CN(C2CCC(Oc3cc(CCF)nc(C(F)(F)F)n3)CC2)C1.O=C(O)C(F)(F)F.O=C(O)C(F)(F)F.O=C(O)C(F)(F)F. The van der Waals surface area contributed by atoms with Crippen LogP contribution in [0.15, 0.2) is 74.1 Å². The number of likely N-dealkylation sites (tertiary alicyclic amines) is 2. The van der Waals surface area contributed by atoms with Crippen molar-refractivity contribution < 1.29 is 119 Å². The molecule has 0 radical (unpaired) electrons. The Morgan fingerprint density at radius 1 is 0.604 bits per heavy atom. The predicted octanol–water partition coefficient (Wildman–Crippen LogP) is 11.6. The van der Waals surface area contributed by atoms with Crippen LogP contribution in [0.1, 0.15) is 87.2 Å². The highest BCUT2D eigenvalue weighted by atomic mass is 28.3. The molecule has 0 amide bonds. The number of hydrogen-bond donors (Lipinski definition) is 5. The lowest BCUT2D eigenvalue weighted by Crippen LogP contribution is -2.65. The van der Waals surface area contributed by atoms with Crippen LogP contribution in [0.4, 0.5) is 70.2 Å². The Bertz CT molecular complexity index is 4480. The number of aryl methyl sites for hydroxylation is 1. The molecular weight excluding hydrogens is 1540 g/mol. The van der Waals surface area contributed by atoms with E-state index >= 15 is 0 Å². The zero-order valence-corrected chi connectivity index (χ0v) is 60.0. The van der Waals surface area contributed by atoms with Crippen LogP contribution in [0.5, 0.6) is 11.8 Å². The second-order valence-electron chi connectivity index (χ2n) is 27.3. The van der Waals surface area contributed by atoms with E-state index in [9.17, 15) is 85.9 Å². The Balaban J connectivity index is 0.000000223. The summed E-state index contributed by atoms with van der Waals surface area (Å²) in [4.78, 5) is 66.3. The van der Waals surface area contributed by atoms with Crippen molar-refractivity contribution in [2.75, 3.05) is 46.1 Å². The third kappa shape index (κ3) is 23.2. The Kier molecular flexibility index (Phi) is 27.9. The molecule has 4 aliphatic rings. The number of carboxylic acids is 3. The molecule has 111 heavy (non-hydrogen) atoms. The van der Waals surface area contributed by atoms with E-state index in [4.69, 9.17) is 49.0 Å². The quantitative estimate of drug-likeness (QED) is 0.0253. The summed E-state index contributed by atoms with van der Waals surface area (Å²) in [6.45, 7) is 9.62. The molecule has 0 aromatic carbocycles. The van der Waals surface area contributed by atoms with Crippen molar-refractivity contribution in [2.24, 2.45) is 0 Å². The van der Waals surface area contributed by atoms with Gasteiger partial charge in [0.05, 0.1) is 66.8 Å². The number of aliphatic hydroxyl groups excluding tert-OH is 1. The van der Waals surface area contributed by atoms with Crippen molar-refractivity contribution in [1.29, 1.82) is 10.5 Å². The average Bonchev–Trinajstić information content (AvgIpc) is 1.71. The van der Waals surface area contributed by atoms with Crippen LogP contribution in [-0.2, 0) is 62.1 Å². The van der Waals surface area contributed by atoms with Crippen LogP contribution in [0, 0.1) is 22.7 Å². The molecular formula is C66H72F16N18O10Si. The standard InChI is InChI=1S/C33H42F3N9O3Si.C27H27F4N9O.3C2HF3O2/c1-49(2,3)15-14-47-22-43-12-8-27-29(38-21-39-30(27)43)23-17-40-45(18-23)32(10-11-37)19-44(20-32)25-4-6-26(7-5-25)48-28-16-24(9-13-46)41-31(42-28)33(34,35)36;28-8-5-18-11-22(38-25(37-18)27(29,30)31)41-20-3-1-19(2-4-20)39-14-26(15-39,7-9-32)40-13-17(12-36-40)23-21-6-10-33-24(21)35-16-34-23;3*3-2(4,5)1(6)7/h8,12,16-18,21,25-26,46H,4-7,9-10,13-15,19-20,22H2,1-3H3;6,10-13,16,19-20H,1-5,7-8,14-15H2,(H,33,34,35);3*(H,6,7). The molecule has 2 aliphatic heterocycles. The number of aromatic amines is 1. The van der Waals surface area contributed by atoms with Gasteiger partial charge in [-0.2, -0.15) is 96.5 Å². The number of aliphatic carboxylic acids is 3. The van der Waals surface area contributed by atoms with E-state index in [-0.39, 0.29) is 66.9 Å². The summed E-state index contributed by atoms with van der Waals surface area (Å²) in [6.07, 6.45) is -4.85. The minimum atomic E-state index is -5.08. The summed E-state index contributed by atoms with van der Waals surface area (Å²) in [7, 11) is -1.18. The number of aromatic nitrogens is 14. The second kappa shape index (κ2) is 35.8. The maximum atomic E-state index is 13.3. The number of ether oxygens (including phenoxy) is 3. The summed E-state index contributed by atoms with van der Waals surface area (Å²) in [5.41, 5.74) is 3.89. The third-order valence-electron chi connectivity index (χ3n) is 18.0. The number of rotatable bonds is 21. The van der Waals surface area contributed by atoms with E-state index in [0.29, 0.717) is 71.4 Å². The highest BCUT2D eigenvalue weighted by Gasteiger charge is 2.51. The van der Waals surface area contributed by atoms with Crippen molar-refractivity contribution in [3.05, 3.63) is 97.1 Å². The maximum absolute atomic E-state index is 13.3. The lowest BCUT2D eigenvalue weighted by atomic mass is 9.82. The Hall–Kier alpha value is -10.3. The summed E-state index contributed by atoms with van der Waals surface area (Å²) in [6, 6.07) is 12.9. The molecule has 2 saturated carbocycles. The number of aliphatic hydroxyl groups is 1. The molecule has 10 heterocycles. The summed E-state index contributed by atoms with van der Waals surface area (Å²) >= 11 is 0. The number of carbonyl (C=O) groups is 3. The zero-order chi connectivity index (χ0) is 81.7. The number of nitriles is 2. The molecule has 602 valence electrons. The van der Waals surface area contributed by atoms with Crippen LogP contribution in [0.2, 0.25) is 25.7 Å². The summed E-state index contributed by atoms with van der Waals surface area (Å²) in [5.74, 6) is -11.2. The van der Waals surface area contributed by atoms with Gasteiger partial charge in [-0.1, -0.05) is 19.6 Å². The van der Waals surface area contributed by atoms with Crippen molar-refractivity contribution in [3.63, 3.8) is 0 Å². The van der Waals surface area contributed by atoms with E-state index in [1.54, 1.807) is 18.7 Å². The lowest BCUT2D eigenvalue weighted by Gasteiger charge is -2.53. The molecule has 8 aromatic rings. The molecule has 8 aromatic heterocycles. The number of fused-ring (bicyclic) bond motifs is 2. The van der Waals surface area contributed by atoms with Gasteiger partial charge in [0.2, 0.25) is 23.4 Å². The van der Waals surface area contributed by atoms with Gasteiger partial charge in [-0.05, 0) is 69.5 Å². The van der Waals surface area contributed by atoms with E-state index < -0.39 is 86.3 Å². The largest absolute Gasteiger partial charge is 0.490 e. The second-order valence-corrected chi connectivity index (χ2v) is 32.9. The number of hydrogen-bond acceptors (Lipinski definition) is 21. The van der Waals surface area contributed by atoms with Crippen LogP contribution in [-0.4, -0.2) is 214 Å². The van der Waals surface area contributed by atoms with Gasteiger partial charge in [0, 0.05) is 131 Å². The fourth-order valence-corrected chi connectivity index (χ4v) is 13.2. The molecule has 5 N–H and O–H groups in total. The third-order valence-corrected chi connectivity index (χ3v) is 19.7. The van der Waals surface area contributed by atoms with Gasteiger partial charge in [-0.15, -0.1) is 0 Å². The van der Waals surface area contributed by atoms with Gasteiger partial charge in [-0.3, -0.25) is 23.6 Å². The first-order chi connectivity index (χ1) is 52.0. The smallest absolute Gasteiger partial charge is 0.475 e. The van der Waals surface area contributed by atoms with Crippen molar-refractivity contribution in [1.82, 2.24) is 78.8 Å². The molecule has 12 rings (SSSR count). The Morgan fingerprint density at radius 2 is 1.03 bits per heavy atom. The van der Waals surface area contributed by atoms with E-state index in [0.717, 1.165) is 82.9 Å². The van der Waals surface area contributed by atoms with Crippen molar-refractivity contribution >= 4 is 48.0 Å². The van der Waals surface area contributed by atoms with E-state index in [1.807, 2.05) is 50.9 Å². The number of alkyl halides is 16. The number of nitrogens with one attached hydrogen (secondary N) is 1. The molecule has 45 heteroatoms. The summed E-state index contributed by atoms with van der Waals surface area (Å²) < 4.78 is 211. The first kappa shape index (κ1) is 86.3. The monoisotopic (exact) mass is 1610 g/mol. The van der Waals surface area contributed by atoms with Gasteiger partial charge in [0.25, 0.3) is 0 Å². The van der Waals surface area contributed by atoms with Crippen LogP contribution >= 0.6 is 0 Å². The Labute approximate surface area is 620 Å². The molecule has 0 bridgehead atoms. The van der Waals surface area contributed by atoms with Gasteiger partial charge >= 0.3 is 48.8 Å². The van der Waals surface area contributed by atoms with Crippen LogP contribution in [0.25, 0.3) is 44.6 Å². The highest BCUT2D eigenvalue weighted by molar-refractivity contribution is 6.76. The molecule has 0 spiro atoms. The predicted molar refractivity (Wildman–Crippen MR) is 356 cm³/mol. The first-order valence-electron chi connectivity index (χ1n) is 33.8. The van der Waals surface area contributed by atoms with Gasteiger partial charge in [0.1, 0.15) is 54.0 Å². The molecule has 2 aliphatic carbocycles. The number of halogens is 16. The van der Waals surface area contributed by atoms with Gasteiger partial charge in [-0.25, -0.2) is 44.3 Å².